The molecule has 0 fully saturated rings. The molecular formula is C19H12ClFN2O2. The zero-order valence-electron chi connectivity index (χ0n) is 12.9. The average Bonchev–Trinajstić information content (AvgIpc) is 2.64. The SMILES string of the molecule is O=C(O/N=C(\c1ccncc1)c1ccc(Cl)cc1)c1ccc(F)cc1. The van der Waals surface area contributed by atoms with Crippen molar-refractivity contribution in [2.45, 2.75) is 0 Å². The topological polar surface area (TPSA) is 51.5 Å². The van der Waals surface area contributed by atoms with Crippen molar-refractivity contribution < 1.29 is 14.0 Å². The number of hydrogen-bond acceptors (Lipinski definition) is 4. The van der Waals surface area contributed by atoms with Gasteiger partial charge in [0.2, 0.25) is 0 Å². The first-order valence-electron chi connectivity index (χ1n) is 7.35. The molecule has 3 rings (SSSR count). The fraction of sp³-hybridized carbons (Fsp3) is 0. The van der Waals surface area contributed by atoms with E-state index in [0.29, 0.717) is 10.7 Å². The van der Waals surface area contributed by atoms with E-state index in [2.05, 4.69) is 10.1 Å². The minimum Gasteiger partial charge on any atom is -0.312 e. The van der Waals surface area contributed by atoms with Crippen LogP contribution in [0.4, 0.5) is 4.39 Å². The molecule has 0 saturated carbocycles. The smallest absolute Gasteiger partial charge is 0.312 e. The van der Waals surface area contributed by atoms with Crippen LogP contribution < -0.4 is 0 Å². The Morgan fingerprint density at radius 2 is 1.44 bits per heavy atom. The molecule has 1 heterocycles. The van der Waals surface area contributed by atoms with Crippen molar-refractivity contribution in [3.63, 3.8) is 0 Å². The summed E-state index contributed by atoms with van der Waals surface area (Å²) < 4.78 is 12.9. The van der Waals surface area contributed by atoms with Gasteiger partial charge < -0.3 is 4.84 Å². The van der Waals surface area contributed by atoms with Crippen LogP contribution in [0.25, 0.3) is 0 Å². The Labute approximate surface area is 148 Å². The molecule has 2 aromatic carbocycles. The number of halogens is 2. The molecule has 0 N–H and O–H groups in total. The summed E-state index contributed by atoms with van der Waals surface area (Å²) in [7, 11) is 0. The quantitative estimate of drug-likeness (QED) is 0.394. The molecule has 0 aliphatic carbocycles. The highest BCUT2D eigenvalue weighted by molar-refractivity contribution is 6.30. The molecule has 0 bridgehead atoms. The molecule has 0 amide bonds. The molecule has 25 heavy (non-hydrogen) atoms. The standard InChI is InChI=1S/C19H12ClFN2O2/c20-16-5-1-13(2-6-16)18(14-9-11-22-12-10-14)23-25-19(24)15-3-7-17(21)8-4-15/h1-12H/b23-18-. The number of hydrogen-bond donors (Lipinski definition) is 0. The fourth-order valence-electron chi connectivity index (χ4n) is 2.12. The van der Waals surface area contributed by atoms with Crippen molar-refractivity contribution in [3.05, 3.63) is 101 Å². The van der Waals surface area contributed by atoms with Crippen LogP contribution in [-0.4, -0.2) is 16.7 Å². The van der Waals surface area contributed by atoms with E-state index in [-0.39, 0.29) is 5.56 Å². The Kier molecular flexibility index (Phi) is 5.16. The maximum Gasteiger partial charge on any atom is 0.365 e. The van der Waals surface area contributed by atoms with Gasteiger partial charge in [0.05, 0.1) is 5.56 Å². The molecule has 0 aliphatic rings. The van der Waals surface area contributed by atoms with Gasteiger partial charge in [-0.25, -0.2) is 9.18 Å². The van der Waals surface area contributed by atoms with E-state index in [0.717, 1.165) is 11.1 Å². The van der Waals surface area contributed by atoms with Crippen molar-refractivity contribution in [1.29, 1.82) is 0 Å². The third-order valence-electron chi connectivity index (χ3n) is 3.37. The molecule has 0 radical (unpaired) electrons. The summed E-state index contributed by atoms with van der Waals surface area (Å²) in [4.78, 5) is 21.1. The molecule has 124 valence electrons. The van der Waals surface area contributed by atoms with Crippen LogP contribution in [-0.2, 0) is 4.84 Å². The van der Waals surface area contributed by atoms with E-state index in [1.54, 1.807) is 48.8 Å². The number of nitrogens with zero attached hydrogens (tertiary/aromatic N) is 2. The van der Waals surface area contributed by atoms with Crippen molar-refractivity contribution in [1.82, 2.24) is 4.98 Å². The van der Waals surface area contributed by atoms with Gasteiger partial charge in [0, 0.05) is 28.5 Å². The highest BCUT2D eigenvalue weighted by atomic mass is 35.5. The summed E-state index contributed by atoms with van der Waals surface area (Å²) in [6.45, 7) is 0. The summed E-state index contributed by atoms with van der Waals surface area (Å²) in [5, 5.41) is 4.58. The van der Waals surface area contributed by atoms with Gasteiger partial charge in [0.1, 0.15) is 11.5 Å². The first-order chi connectivity index (χ1) is 12.1. The summed E-state index contributed by atoms with van der Waals surface area (Å²) in [5.74, 6) is -1.11. The van der Waals surface area contributed by atoms with E-state index >= 15 is 0 Å². The summed E-state index contributed by atoms with van der Waals surface area (Å²) in [6.07, 6.45) is 3.23. The van der Waals surface area contributed by atoms with E-state index in [4.69, 9.17) is 16.4 Å². The van der Waals surface area contributed by atoms with Crippen molar-refractivity contribution in [2.75, 3.05) is 0 Å². The second kappa shape index (κ2) is 7.68. The maximum atomic E-state index is 12.9. The van der Waals surface area contributed by atoms with Crippen LogP contribution in [0.2, 0.25) is 5.02 Å². The molecule has 0 unspecified atom stereocenters. The van der Waals surface area contributed by atoms with Gasteiger partial charge in [-0.3, -0.25) is 4.98 Å². The normalized spacial score (nSPS) is 11.2. The van der Waals surface area contributed by atoms with Crippen LogP contribution in [0, 0.1) is 5.82 Å². The number of carbonyl (C=O) groups is 1. The number of rotatable bonds is 4. The number of carbonyl (C=O) groups excluding carboxylic acids is 1. The van der Waals surface area contributed by atoms with E-state index in [1.807, 2.05) is 0 Å². The van der Waals surface area contributed by atoms with Gasteiger partial charge in [-0.15, -0.1) is 0 Å². The number of pyridine rings is 1. The van der Waals surface area contributed by atoms with Gasteiger partial charge in [-0.1, -0.05) is 28.9 Å². The number of oxime groups is 1. The maximum absolute atomic E-state index is 12.9. The minimum absolute atomic E-state index is 0.204. The monoisotopic (exact) mass is 354 g/mol. The molecule has 0 atom stereocenters. The number of benzene rings is 2. The first-order valence-corrected chi connectivity index (χ1v) is 7.72. The van der Waals surface area contributed by atoms with E-state index < -0.39 is 11.8 Å². The van der Waals surface area contributed by atoms with Gasteiger partial charge in [-0.05, 0) is 48.5 Å². The summed E-state index contributed by atoms with van der Waals surface area (Å²) >= 11 is 5.92. The predicted molar refractivity (Wildman–Crippen MR) is 93.1 cm³/mol. The highest BCUT2D eigenvalue weighted by Crippen LogP contribution is 2.15. The average molecular weight is 355 g/mol. The lowest BCUT2D eigenvalue weighted by molar-refractivity contribution is 0.0517. The summed E-state index contributed by atoms with van der Waals surface area (Å²) in [6, 6.07) is 15.5. The predicted octanol–water partition coefficient (Wildman–Crippen LogP) is 4.48. The van der Waals surface area contributed by atoms with E-state index in [9.17, 15) is 9.18 Å². The lowest BCUT2D eigenvalue weighted by Crippen LogP contribution is -2.08. The Morgan fingerprint density at radius 1 is 0.880 bits per heavy atom. The third-order valence-corrected chi connectivity index (χ3v) is 3.62. The van der Waals surface area contributed by atoms with Crippen LogP contribution in [0.15, 0.2) is 78.2 Å². The van der Waals surface area contributed by atoms with E-state index in [1.165, 1.54) is 24.3 Å². The van der Waals surface area contributed by atoms with Gasteiger partial charge in [0.15, 0.2) is 0 Å². The molecule has 0 saturated heterocycles. The number of aromatic nitrogens is 1. The fourth-order valence-corrected chi connectivity index (χ4v) is 2.24. The van der Waals surface area contributed by atoms with Crippen LogP contribution in [0.3, 0.4) is 0 Å². The molecule has 0 aliphatic heterocycles. The largest absolute Gasteiger partial charge is 0.365 e. The second-order valence-corrected chi connectivity index (χ2v) is 5.50. The first kappa shape index (κ1) is 16.8. The minimum atomic E-state index is -0.680. The van der Waals surface area contributed by atoms with Crippen molar-refractivity contribution >= 4 is 23.3 Å². The van der Waals surface area contributed by atoms with Crippen LogP contribution >= 0.6 is 11.6 Å². The van der Waals surface area contributed by atoms with Crippen molar-refractivity contribution in [2.24, 2.45) is 5.16 Å². The second-order valence-electron chi connectivity index (χ2n) is 5.07. The Balaban J connectivity index is 1.91. The lowest BCUT2D eigenvalue weighted by atomic mass is 10.0. The Bertz CT molecular complexity index is 895. The molecule has 4 nitrogen and oxygen atoms in total. The molecule has 0 spiro atoms. The third kappa shape index (κ3) is 4.28. The zero-order chi connectivity index (χ0) is 17.6. The molecular weight excluding hydrogens is 343 g/mol. The molecule has 6 heteroatoms. The zero-order valence-corrected chi connectivity index (χ0v) is 13.7. The van der Waals surface area contributed by atoms with Crippen LogP contribution in [0.1, 0.15) is 21.5 Å². The van der Waals surface area contributed by atoms with Crippen molar-refractivity contribution in [3.8, 4) is 0 Å². The Hall–Kier alpha value is -3.05. The van der Waals surface area contributed by atoms with Gasteiger partial charge >= 0.3 is 5.97 Å². The Morgan fingerprint density at radius 3 is 2.08 bits per heavy atom. The van der Waals surface area contributed by atoms with Crippen LogP contribution in [0.5, 0.6) is 0 Å². The summed E-state index contributed by atoms with van der Waals surface area (Å²) in [5.41, 5.74) is 2.11. The van der Waals surface area contributed by atoms with Gasteiger partial charge in [-0.2, -0.15) is 0 Å². The van der Waals surface area contributed by atoms with Gasteiger partial charge in [0.25, 0.3) is 0 Å². The molecule has 3 aromatic rings. The lowest BCUT2D eigenvalue weighted by Gasteiger charge is -2.07. The molecule has 1 aromatic heterocycles. The highest BCUT2D eigenvalue weighted by Gasteiger charge is 2.11.